The molecule has 2 heterocycles. The van der Waals surface area contributed by atoms with Crippen molar-refractivity contribution in [2.24, 2.45) is 11.8 Å². The zero-order valence-corrected chi connectivity index (χ0v) is 24.0. The minimum absolute atomic E-state index is 0.0184. The van der Waals surface area contributed by atoms with Gasteiger partial charge in [-0.3, -0.25) is 14.5 Å². The van der Waals surface area contributed by atoms with E-state index in [4.69, 9.17) is 16.3 Å². The van der Waals surface area contributed by atoms with E-state index in [1.807, 2.05) is 11.8 Å². The van der Waals surface area contributed by atoms with Gasteiger partial charge in [0.05, 0.1) is 15.6 Å². The number of ether oxygens (including phenoxy) is 1. The molecule has 5 fully saturated rings. The summed E-state index contributed by atoms with van der Waals surface area (Å²) >= 11 is 7.52. The maximum Gasteiger partial charge on any atom is 0.258 e. The standard InChI is InChI=1S/C29H40ClFN4O3S/c30-21-10-7-18(13-22(21)31)38-16-27(36)33-23-14-24(20-9-8-19(20)23)34-28(37)26-15-25-29(39-26)32-11-12-35(25)17-5-3-1-2-4-6-17/h7,10,13,17,19-20,23-26,29,32H,1-6,8-9,11-12,14-16H2,(H,33,36)(H,34,37)/t19?,20?,23?,24-,25?,26?,29?/m0/s1. The third-order valence-corrected chi connectivity index (χ3v) is 11.5. The molecule has 2 amide bonds. The number of thioether (sulfide) groups is 1. The number of nitrogens with one attached hydrogen (secondary N) is 3. The molecule has 3 N–H and O–H groups in total. The first-order valence-electron chi connectivity index (χ1n) is 14.8. The van der Waals surface area contributed by atoms with Crippen molar-refractivity contribution in [2.75, 3.05) is 19.7 Å². The molecule has 0 aromatic heterocycles. The Morgan fingerprint density at radius 2 is 1.79 bits per heavy atom. The molecule has 6 unspecified atom stereocenters. The molecule has 2 saturated heterocycles. The second-order valence-electron chi connectivity index (χ2n) is 12.0. The fraction of sp³-hybridized carbons (Fsp3) is 0.724. The first-order valence-corrected chi connectivity index (χ1v) is 16.1. The smallest absolute Gasteiger partial charge is 0.258 e. The van der Waals surface area contributed by atoms with E-state index in [1.165, 1.54) is 50.7 Å². The predicted octanol–water partition coefficient (Wildman–Crippen LogP) is 4.09. The average molecular weight is 579 g/mol. The summed E-state index contributed by atoms with van der Waals surface area (Å²) < 4.78 is 19.1. The first-order chi connectivity index (χ1) is 19.0. The van der Waals surface area contributed by atoms with E-state index in [-0.39, 0.29) is 46.5 Å². The topological polar surface area (TPSA) is 82.7 Å². The number of amides is 2. The summed E-state index contributed by atoms with van der Waals surface area (Å²) in [5.41, 5.74) is 0. The Bertz CT molecular complexity index is 1060. The van der Waals surface area contributed by atoms with Crippen LogP contribution in [0.15, 0.2) is 18.2 Å². The summed E-state index contributed by atoms with van der Waals surface area (Å²) in [7, 11) is 0. The van der Waals surface area contributed by atoms with Crippen LogP contribution in [0.4, 0.5) is 4.39 Å². The van der Waals surface area contributed by atoms with Gasteiger partial charge in [0.15, 0.2) is 6.61 Å². The number of carbonyl (C=O) groups excluding carboxylic acids is 2. The van der Waals surface area contributed by atoms with Crippen LogP contribution in [-0.2, 0) is 9.59 Å². The van der Waals surface area contributed by atoms with Crippen LogP contribution in [0.25, 0.3) is 0 Å². The van der Waals surface area contributed by atoms with Crippen molar-refractivity contribution in [1.82, 2.24) is 20.9 Å². The van der Waals surface area contributed by atoms with Gasteiger partial charge in [-0.2, -0.15) is 0 Å². The van der Waals surface area contributed by atoms with Crippen LogP contribution in [0, 0.1) is 17.7 Å². The Morgan fingerprint density at radius 1 is 1.05 bits per heavy atom. The average Bonchev–Trinajstić information content (AvgIpc) is 3.29. The van der Waals surface area contributed by atoms with Gasteiger partial charge < -0.3 is 20.7 Å². The number of fused-ring (bicyclic) bond motifs is 2. The monoisotopic (exact) mass is 578 g/mol. The molecule has 6 rings (SSSR count). The van der Waals surface area contributed by atoms with E-state index in [2.05, 4.69) is 20.9 Å². The summed E-state index contributed by atoms with van der Waals surface area (Å²) in [5.74, 6) is 0.430. The molecule has 10 heteroatoms. The molecule has 39 heavy (non-hydrogen) atoms. The van der Waals surface area contributed by atoms with Gasteiger partial charge in [-0.25, -0.2) is 4.39 Å². The van der Waals surface area contributed by atoms with Crippen LogP contribution in [0.3, 0.4) is 0 Å². The van der Waals surface area contributed by atoms with Gasteiger partial charge >= 0.3 is 0 Å². The van der Waals surface area contributed by atoms with Crippen LogP contribution < -0.4 is 20.7 Å². The summed E-state index contributed by atoms with van der Waals surface area (Å²) in [6.07, 6.45) is 11.8. The largest absolute Gasteiger partial charge is 0.484 e. The molecule has 2 aliphatic heterocycles. The quantitative estimate of drug-likeness (QED) is 0.423. The SMILES string of the molecule is O=C(COc1ccc(Cl)c(F)c1)NC1C[C@H](NC(=O)C2CC3C(NCCN3C3CCCCCC3)S2)C2CCC12. The molecule has 214 valence electrons. The molecule has 1 aromatic carbocycles. The fourth-order valence-electron chi connectivity index (χ4n) is 7.62. The zero-order valence-electron chi connectivity index (χ0n) is 22.4. The number of hydrogen-bond donors (Lipinski definition) is 3. The van der Waals surface area contributed by atoms with Crippen molar-refractivity contribution in [3.8, 4) is 5.75 Å². The lowest BCUT2D eigenvalue weighted by Crippen LogP contribution is -2.57. The van der Waals surface area contributed by atoms with Crippen molar-refractivity contribution >= 4 is 35.2 Å². The van der Waals surface area contributed by atoms with E-state index >= 15 is 0 Å². The lowest BCUT2D eigenvalue weighted by molar-refractivity contribution is -0.124. The summed E-state index contributed by atoms with van der Waals surface area (Å²) in [6.45, 7) is 1.91. The van der Waals surface area contributed by atoms with E-state index in [0.29, 0.717) is 29.3 Å². The highest BCUT2D eigenvalue weighted by atomic mass is 35.5. The van der Waals surface area contributed by atoms with Crippen molar-refractivity contribution in [3.63, 3.8) is 0 Å². The minimum atomic E-state index is -0.575. The molecule has 5 aliphatic rings. The maximum atomic E-state index is 13.6. The second kappa shape index (κ2) is 12.1. The highest BCUT2D eigenvalue weighted by Crippen LogP contribution is 2.47. The first kappa shape index (κ1) is 27.6. The zero-order chi connectivity index (χ0) is 26.9. The van der Waals surface area contributed by atoms with Gasteiger partial charge in [-0.15, -0.1) is 11.8 Å². The fourth-order valence-corrected chi connectivity index (χ4v) is 9.25. The highest BCUT2D eigenvalue weighted by molar-refractivity contribution is 8.01. The van der Waals surface area contributed by atoms with Crippen LogP contribution >= 0.6 is 23.4 Å². The Balaban J connectivity index is 1.000. The lowest BCUT2D eigenvalue weighted by Gasteiger charge is -2.42. The lowest BCUT2D eigenvalue weighted by atomic mass is 9.73. The van der Waals surface area contributed by atoms with E-state index < -0.39 is 5.82 Å². The number of rotatable bonds is 7. The minimum Gasteiger partial charge on any atom is -0.484 e. The van der Waals surface area contributed by atoms with Gasteiger partial charge in [-0.05, 0) is 62.5 Å². The van der Waals surface area contributed by atoms with Crippen LogP contribution in [0.5, 0.6) is 5.75 Å². The van der Waals surface area contributed by atoms with Crippen molar-refractivity contribution in [2.45, 2.75) is 99.0 Å². The second-order valence-corrected chi connectivity index (χ2v) is 13.7. The van der Waals surface area contributed by atoms with E-state index in [0.717, 1.165) is 38.8 Å². The highest BCUT2D eigenvalue weighted by Gasteiger charge is 2.51. The Morgan fingerprint density at radius 3 is 2.51 bits per heavy atom. The summed E-state index contributed by atoms with van der Waals surface area (Å²) in [5, 5.41) is 10.5. The van der Waals surface area contributed by atoms with Gasteiger partial charge in [0.25, 0.3) is 5.91 Å². The summed E-state index contributed by atoms with van der Waals surface area (Å²) in [4.78, 5) is 28.8. The molecule has 3 saturated carbocycles. The Kier molecular flexibility index (Phi) is 8.59. The molecule has 7 nitrogen and oxygen atoms in total. The Hall–Kier alpha value is -1.55. The molecule has 0 bridgehead atoms. The van der Waals surface area contributed by atoms with Crippen LogP contribution in [0.1, 0.15) is 64.2 Å². The maximum absolute atomic E-state index is 13.6. The van der Waals surface area contributed by atoms with Crippen LogP contribution in [0.2, 0.25) is 5.02 Å². The van der Waals surface area contributed by atoms with Crippen molar-refractivity contribution in [1.29, 1.82) is 0 Å². The van der Waals surface area contributed by atoms with Gasteiger partial charge in [0.1, 0.15) is 11.6 Å². The molecule has 7 atom stereocenters. The van der Waals surface area contributed by atoms with E-state index in [1.54, 1.807) is 6.07 Å². The molecule has 0 spiro atoms. The van der Waals surface area contributed by atoms with Crippen LogP contribution in [-0.4, -0.2) is 71.2 Å². The van der Waals surface area contributed by atoms with Gasteiger partial charge in [0.2, 0.25) is 5.91 Å². The number of piperazine rings is 1. The molecular formula is C29H40ClFN4O3S. The van der Waals surface area contributed by atoms with Gasteiger partial charge in [0, 0.05) is 43.3 Å². The van der Waals surface area contributed by atoms with Gasteiger partial charge in [-0.1, -0.05) is 37.3 Å². The number of benzene rings is 1. The number of halogens is 2. The van der Waals surface area contributed by atoms with Crippen molar-refractivity contribution < 1.29 is 18.7 Å². The molecule has 0 radical (unpaired) electrons. The van der Waals surface area contributed by atoms with Crippen molar-refractivity contribution in [3.05, 3.63) is 29.0 Å². The molecule has 1 aromatic rings. The molecular weight excluding hydrogens is 539 g/mol. The number of hydrogen-bond acceptors (Lipinski definition) is 6. The molecule has 3 aliphatic carbocycles. The third kappa shape index (κ3) is 6.07. The number of nitrogens with zero attached hydrogens (tertiary/aromatic N) is 1. The number of carbonyl (C=O) groups is 2. The Labute approximate surface area is 239 Å². The summed E-state index contributed by atoms with van der Waals surface area (Å²) in [6, 6.07) is 5.37. The normalized spacial score (nSPS) is 34.9. The third-order valence-electron chi connectivity index (χ3n) is 9.70. The predicted molar refractivity (Wildman–Crippen MR) is 151 cm³/mol. The van der Waals surface area contributed by atoms with E-state index in [9.17, 15) is 14.0 Å².